The lowest BCUT2D eigenvalue weighted by Crippen LogP contribution is -2.48. The maximum absolute atomic E-state index is 2.65. The lowest BCUT2D eigenvalue weighted by atomic mass is 9.88. The summed E-state index contributed by atoms with van der Waals surface area (Å²) >= 11 is 0. The van der Waals surface area contributed by atoms with Gasteiger partial charge in [-0.25, -0.2) is 0 Å². The third-order valence-corrected chi connectivity index (χ3v) is 9.36. The molecule has 0 bridgehead atoms. The monoisotopic (exact) mass is 661 g/mol. The van der Waals surface area contributed by atoms with E-state index in [2.05, 4.69) is 151 Å². The molecule has 0 N–H and O–H groups in total. The van der Waals surface area contributed by atoms with Crippen LogP contribution in [0.1, 0.15) is 118 Å². The topological polar surface area (TPSA) is 13.0 Å². The van der Waals surface area contributed by atoms with Crippen LogP contribution in [0.5, 0.6) is 0 Å². The maximum atomic E-state index is 2.65. The van der Waals surface area contributed by atoms with E-state index < -0.39 is 0 Å². The van der Waals surface area contributed by atoms with Gasteiger partial charge in [0.2, 0.25) is 0 Å². The second-order valence-electron chi connectivity index (χ2n) is 20.0. The third kappa shape index (κ3) is 17.8. The van der Waals surface area contributed by atoms with Crippen LogP contribution in [0, 0.1) is 21.7 Å². The Kier molecular flexibility index (Phi) is 15.2. The fourth-order valence-electron chi connectivity index (χ4n) is 7.05. The van der Waals surface area contributed by atoms with E-state index in [1.54, 1.807) is 0 Å². The lowest BCUT2D eigenvalue weighted by Gasteiger charge is -2.37. The Morgan fingerprint density at radius 3 is 1.06 bits per heavy atom. The van der Waals surface area contributed by atoms with E-state index in [1.807, 2.05) is 0 Å². The summed E-state index contributed by atoms with van der Waals surface area (Å²) in [5, 5.41) is 0. The van der Waals surface area contributed by atoms with E-state index in [0.29, 0.717) is 21.7 Å². The summed E-state index contributed by atoms with van der Waals surface area (Å²) in [6.07, 6.45) is 4.96. The minimum Gasteiger partial charge on any atom is -0.301 e. The molecule has 0 atom stereocenters. The molecule has 0 spiro atoms. The molecule has 0 aliphatic carbocycles. The molecule has 0 amide bonds. The van der Waals surface area contributed by atoms with Gasteiger partial charge in [0.25, 0.3) is 0 Å². The Labute approximate surface area is 298 Å². The van der Waals surface area contributed by atoms with Crippen molar-refractivity contribution in [2.24, 2.45) is 21.7 Å². The fraction of sp³-hybridized carbons (Fsp3) is 0.727. The lowest BCUT2D eigenvalue weighted by molar-refractivity contribution is 0.0983. The normalized spacial score (nSPS) is 18.1. The van der Waals surface area contributed by atoms with Crippen LogP contribution in [-0.4, -0.2) is 85.0 Å². The largest absolute Gasteiger partial charge is 0.301 e. The van der Waals surface area contributed by atoms with Crippen LogP contribution in [0.3, 0.4) is 0 Å². The van der Waals surface area contributed by atoms with Crippen molar-refractivity contribution in [1.82, 2.24) is 19.6 Å². The highest BCUT2D eigenvalue weighted by Crippen LogP contribution is 2.24. The predicted octanol–water partition coefficient (Wildman–Crippen LogP) is 9.66. The van der Waals surface area contributed by atoms with Crippen LogP contribution >= 0.6 is 0 Å². The summed E-state index contributed by atoms with van der Waals surface area (Å²) < 4.78 is 0. The van der Waals surface area contributed by atoms with Crippen molar-refractivity contribution in [3.63, 3.8) is 0 Å². The number of rotatable bonds is 10. The molecule has 2 aromatic rings. The molecule has 2 aromatic carbocycles. The van der Waals surface area contributed by atoms with Gasteiger partial charge in [0.15, 0.2) is 0 Å². The zero-order chi connectivity index (χ0) is 35.6. The minimum atomic E-state index is 0.366. The summed E-state index contributed by atoms with van der Waals surface area (Å²) in [7, 11) is 0. The van der Waals surface area contributed by atoms with Gasteiger partial charge in [-0.1, -0.05) is 132 Å². The number of nitrogens with zero attached hydrogens (tertiary/aromatic N) is 4. The van der Waals surface area contributed by atoms with E-state index in [-0.39, 0.29) is 0 Å². The van der Waals surface area contributed by atoms with Gasteiger partial charge >= 0.3 is 0 Å². The van der Waals surface area contributed by atoms with E-state index in [1.165, 1.54) is 101 Å². The van der Waals surface area contributed by atoms with Crippen molar-refractivity contribution in [3.05, 3.63) is 70.8 Å². The molecule has 2 fully saturated rings. The molecule has 2 aliphatic heterocycles. The minimum absolute atomic E-state index is 0.366. The van der Waals surface area contributed by atoms with Crippen molar-refractivity contribution in [2.75, 3.05) is 65.4 Å². The molecular weight excluding hydrogens is 585 g/mol. The molecule has 2 heterocycles. The molecule has 0 saturated carbocycles. The van der Waals surface area contributed by atoms with Crippen LogP contribution in [0.15, 0.2) is 48.5 Å². The summed E-state index contributed by atoms with van der Waals surface area (Å²) in [6.45, 7) is 42.2. The highest BCUT2D eigenvalue weighted by molar-refractivity contribution is 5.24. The van der Waals surface area contributed by atoms with Gasteiger partial charge in [0.05, 0.1) is 0 Å². The summed E-state index contributed by atoms with van der Waals surface area (Å²) in [5.74, 6) is 0. The average Bonchev–Trinajstić information content (AvgIpc) is 2.95. The van der Waals surface area contributed by atoms with E-state index in [4.69, 9.17) is 0 Å². The first-order valence-electron chi connectivity index (χ1n) is 19.3. The van der Waals surface area contributed by atoms with Crippen molar-refractivity contribution < 1.29 is 0 Å². The number of benzene rings is 2. The van der Waals surface area contributed by atoms with E-state index in [9.17, 15) is 0 Å². The third-order valence-electron chi connectivity index (χ3n) is 9.36. The summed E-state index contributed by atoms with van der Waals surface area (Å²) in [6, 6.07) is 18.6. The average molecular weight is 661 g/mol. The molecule has 0 unspecified atom stereocenters. The van der Waals surface area contributed by atoms with Crippen molar-refractivity contribution >= 4 is 0 Å². The first kappa shape index (κ1) is 40.7. The highest BCUT2D eigenvalue weighted by Gasteiger charge is 2.22. The molecule has 2 saturated heterocycles. The number of hydrogen-bond donors (Lipinski definition) is 0. The highest BCUT2D eigenvalue weighted by atomic mass is 15.3. The molecule has 4 rings (SSSR count). The Hall–Kier alpha value is -1.72. The number of hydrogen-bond acceptors (Lipinski definition) is 4. The first-order valence-corrected chi connectivity index (χ1v) is 19.3. The summed E-state index contributed by atoms with van der Waals surface area (Å²) in [4.78, 5) is 10.5. The Bertz CT molecular complexity index is 1160. The first-order chi connectivity index (χ1) is 22.2. The van der Waals surface area contributed by atoms with E-state index in [0.717, 1.165) is 25.9 Å². The molecule has 48 heavy (non-hydrogen) atoms. The van der Waals surface area contributed by atoms with Crippen molar-refractivity contribution in [1.29, 1.82) is 0 Å². The van der Waals surface area contributed by atoms with Crippen LogP contribution < -0.4 is 0 Å². The van der Waals surface area contributed by atoms with Crippen LogP contribution in [0.2, 0.25) is 0 Å². The fourth-order valence-corrected chi connectivity index (χ4v) is 7.05. The Morgan fingerprint density at radius 1 is 0.396 bits per heavy atom. The molecule has 2 aliphatic rings. The quantitative estimate of drug-likeness (QED) is 0.252. The smallest absolute Gasteiger partial charge is 0.0234 e. The number of piperazine rings is 2. The van der Waals surface area contributed by atoms with Gasteiger partial charge in [-0.3, -0.25) is 9.80 Å². The van der Waals surface area contributed by atoms with E-state index >= 15 is 0 Å². The van der Waals surface area contributed by atoms with Crippen molar-refractivity contribution in [3.8, 4) is 0 Å². The molecule has 4 nitrogen and oxygen atoms in total. The van der Waals surface area contributed by atoms with Crippen LogP contribution in [0.4, 0.5) is 0 Å². The van der Waals surface area contributed by atoms with Crippen LogP contribution in [-0.2, 0) is 25.9 Å². The second-order valence-corrected chi connectivity index (χ2v) is 20.0. The molecule has 4 heteroatoms. The Morgan fingerprint density at radius 2 is 0.729 bits per heavy atom. The summed E-state index contributed by atoms with van der Waals surface area (Å²) in [5.41, 5.74) is 7.43. The molecule has 272 valence electrons. The van der Waals surface area contributed by atoms with Gasteiger partial charge in [0.1, 0.15) is 0 Å². The van der Waals surface area contributed by atoms with Crippen LogP contribution in [0.25, 0.3) is 0 Å². The van der Waals surface area contributed by atoms with Crippen molar-refractivity contribution in [2.45, 2.75) is 122 Å². The standard InChI is InChI=1S/C23H40N2.C21H36N2/c1-22(2,3)12-7-13-24-14-16-25(17-15-24)19-21-10-8-20(9-11-21)18-23(4,5)6;1-20(2,3)15-18-7-9-19(10-8-18)16-22-11-13-23(14-12-22)17-21(4,5)6/h8-11H,7,12-19H2,1-6H3;7-10H,11-17H2,1-6H3. The molecule has 0 radical (unpaired) electrons. The maximum Gasteiger partial charge on any atom is 0.0234 e. The zero-order valence-electron chi connectivity index (χ0n) is 33.7. The molecule has 0 aromatic heterocycles. The zero-order valence-corrected chi connectivity index (χ0v) is 33.7. The van der Waals surface area contributed by atoms with Gasteiger partial charge in [0, 0.05) is 72.0 Å². The second kappa shape index (κ2) is 18.0. The van der Waals surface area contributed by atoms with Gasteiger partial charge in [-0.2, -0.15) is 0 Å². The molecular formula is C44H76N4. The SMILES string of the molecule is CC(C)(C)CCCN1CCN(Cc2ccc(CC(C)(C)C)cc2)CC1.CC(C)(C)Cc1ccc(CN2CCN(CC(C)(C)C)CC2)cc1. The van der Waals surface area contributed by atoms with Gasteiger partial charge in [-0.15, -0.1) is 0 Å². The van der Waals surface area contributed by atoms with Gasteiger partial charge < -0.3 is 9.80 Å². The predicted molar refractivity (Wildman–Crippen MR) is 211 cm³/mol. The Balaban J connectivity index is 0.000000261. The van der Waals surface area contributed by atoms with Gasteiger partial charge in [-0.05, 0) is 76.1 Å².